The van der Waals surface area contributed by atoms with E-state index in [2.05, 4.69) is 77.8 Å². The topological polar surface area (TPSA) is 0 Å². The van der Waals surface area contributed by atoms with Gasteiger partial charge in [0.05, 0.1) is 0 Å². The van der Waals surface area contributed by atoms with Crippen molar-refractivity contribution in [2.75, 3.05) is 0 Å². The van der Waals surface area contributed by atoms with Crippen molar-refractivity contribution < 1.29 is 0 Å². The molecule has 0 aliphatic heterocycles. The summed E-state index contributed by atoms with van der Waals surface area (Å²) >= 11 is 9.56. The molecule has 0 aliphatic rings. The Labute approximate surface area is 191 Å². The molecule has 0 aromatic heterocycles. The van der Waals surface area contributed by atoms with Crippen LogP contribution >= 0.6 is 0 Å². The normalized spacial score (nSPS) is 13.5. The molecular weight excluding hydrogens is 268 g/mol. The number of hydrogen-bond acceptors (Lipinski definition) is 0. The van der Waals surface area contributed by atoms with Gasteiger partial charge in [-0.1, -0.05) is 45.4 Å². The fourth-order valence-corrected chi connectivity index (χ4v) is 3.43. The Kier molecular flexibility index (Phi) is 20.6. The van der Waals surface area contributed by atoms with Crippen LogP contribution in [0.15, 0.2) is 0 Å². The molecule has 4 heteroatoms. The fourth-order valence-electron chi connectivity index (χ4n) is 3.43. The van der Waals surface area contributed by atoms with E-state index in [0.717, 1.165) is 4.59 Å². The Morgan fingerprint density at radius 2 is 0.833 bits per heavy atom. The van der Waals surface area contributed by atoms with Gasteiger partial charge >= 0.3 is 148 Å². The summed E-state index contributed by atoms with van der Waals surface area (Å²) in [6.45, 7) is 2.30. The summed E-state index contributed by atoms with van der Waals surface area (Å²) in [7, 11) is 0. The second kappa shape index (κ2) is 18.7. The zero-order valence-electron chi connectivity index (χ0n) is 18.1. The number of hydrogen-bond donors (Lipinski definition) is 0. The van der Waals surface area contributed by atoms with E-state index in [4.69, 9.17) is 0 Å². The van der Waals surface area contributed by atoms with Crippen molar-refractivity contribution in [2.45, 2.75) is 122 Å². The number of unbranched alkanes of at least 4 members (excludes halogenated alkanes) is 15. The molecule has 1 atom stereocenters. The maximum atomic E-state index is 2.42. The second-order valence-corrected chi connectivity index (χ2v) is 9.36. The van der Waals surface area contributed by atoms with E-state index < -0.39 is 0 Å². The Morgan fingerprint density at radius 1 is 0.542 bits per heavy atom. The van der Waals surface area contributed by atoms with Crippen LogP contribution in [-0.2, 0) is 0 Å². The molecule has 24 heavy (non-hydrogen) atoms. The molecule has 0 saturated heterocycles. The van der Waals surface area contributed by atoms with Crippen LogP contribution in [0.4, 0.5) is 0 Å². The molecular formula is C20H38Li4. The third-order valence-corrected chi connectivity index (χ3v) is 5.97. The van der Waals surface area contributed by atoms with Crippen LogP contribution in [0, 0.1) is 0 Å². The molecule has 0 spiro atoms. The van der Waals surface area contributed by atoms with Gasteiger partial charge in [-0.2, -0.15) is 0 Å². The summed E-state index contributed by atoms with van der Waals surface area (Å²) in [5.74, 6) is 0. The first-order valence-electron chi connectivity index (χ1n) is 11.5. The van der Waals surface area contributed by atoms with E-state index in [1.807, 2.05) is 0 Å². The summed E-state index contributed by atoms with van der Waals surface area (Å²) in [6, 6.07) is 0. The molecule has 0 aromatic rings. The third kappa shape index (κ3) is 19.2. The van der Waals surface area contributed by atoms with Gasteiger partial charge in [0.15, 0.2) is 0 Å². The molecule has 0 heterocycles. The Balaban J connectivity index is 3.10. The predicted molar refractivity (Wildman–Crippen MR) is 114 cm³/mol. The summed E-state index contributed by atoms with van der Waals surface area (Å²) in [5, 5.41) is 0. The van der Waals surface area contributed by atoms with Gasteiger partial charge in [0, 0.05) is 0 Å². The average Bonchev–Trinajstić information content (AvgIpc) is 2.53. The van der Waals surface area contributed by atoms with E-state index >= 15 is 0 Å². The molecule has 0 saturated carbocycles. The van der Waals surface area contributed by atoms with Gasteiger partial charge in [-0.05, 0) is 0 Å². The first kappa shape index (κ1) is 26.4. The monoisotopic (exact) mass is 306 g/mol. The molecule has 1 unspecified atom stereocenters. The van der Waals surface area contributed by atoms with Gasteiger partial charge in [-0.3, -0.25) is 0 Å². The number of rotatable bonds is 18. The van der Waals surface area contributed by atoms with Crippen molar-refractivity contribution in [3.63, 3.8) is 0 Å². The molecule has 122 valence electrons. The second-order valence-electron chi connectivity index (χ2n) is 9.36. The van der Waals surface area contributed by atoms with E-state index in [9.17, 15) is 0 Å². The van der Waals surface area contributed by atoms with Gasteiger partial charge in [-0.15, -0.1) is 0 Å². The minimum atomic E-state index is 0.496. The summed E-state index contributed by atoms with van der Waals surface area (Å²) in [5.41, 5.74) is 0. The molecule has 0 N–H and O–H groups in total. The Morgan fingerprint density at radius 3 is 1.12 bits per heavy atom. The van der Waals surface area contributed by atoms with Crippen molar-refractivity contribution in [2.24, 2.45) is 0 Å². The molecule has 0 aromatic carbocycles. The average molecular weight is 306 g/mol. The van der Waals surface area contributed by atoms with Crippen LogP contribution in [-0.4, -0.2) is 70.9 Å². The molecule has 0 radical (unpaired) electrons. The van der Waals surface area contributed by atoms with Crippen LogP contribution in [0.25, 0.3) is 0 Å². The standard InChI is InChI=1S/C20H38.4Li/c1-3-5-7-9-11-13-15-17-19-20-18-16-14-12-10-8-6-4-2;;;;/h4H,3,5-20H2,1H3;;;;. The van der Waals surface area contributed by atoms with Crippen LogP contribution < -0.4 is 0 Å². The Bertz CT molecular complexity index is 251. The predicted octanol–water partition coefficient (Wildman–Crippen LogP) is 6.17. The van der Waals surface area contributed by atoms with Gasteiger partial charge in [0.1, 0.15) is 0 Å². The molecule has 0 aliphatic carbocycles. The van der Waals surface area contributed by atoms with Crippen LogP contribution in [0.3, 0.4) is 0 Å². The van der Waals surface area contributed by atoms with Gasteiger partial charge in [-0.25, -0.2) is 0 Å². The fraction of sp³-hybridized carbons (Fsp3) is 1.00. The summed E-state index contributed by atoms with van der Waals surface area (Å²) in [4.78, 5) is 0. The van der Waals surface area contributed by atoms with E-state index in [-0.39, 0.29) is 0 Å². The van der Waals surface area contributed by atoms with Crippen molar-refractivity contribution in [1.82, 2.24) is 0 Å². The molecule has 0 amide bonds. The quantitative estimate of drug-likeness (QED) is 0.210. The van der Waals surface area contributed by atoms with Crippen molar-refractivity contribution in [3.8, 4) is 0 Å². The first-order chi connectivity index (χ1) is 11.5. The van der Waals surface area contributed by atoms with Crippen LogP contribution in [0.5, 0.6) is 0 Å². The van der Waals surface area contributed by atoms with Gasteiger partial charge < -0.3 is 0 Å². The van der Waals surface area contributed by atoms with Crippen molar-refractivity contribution in [1.29, 1.82) is 0 Å². The molecule has 0 bridgehead atoms. The van der Waals surface area contributed by atoms with Crippen molar-refractivity contribution >= 4 is 70.9 Å². The summed E-state index contributed by atoms with van der Waals surface area (Å²) in [6.07, 6.45) is 24.9. The van der Waals surface area contributed by atoms with E-state index in [1.165, 1.54) is 109 Å². The SMILES string of the molecule is [Li][CH](CCCCCCCCCCCCCCCCCC)[C]([Li])([Li])[Li]. The third-order valence-electron chi connectivity index (χ3n) is 5.97. The van der Waals surface area contributed by atoms with E-state index in [1.54, 1.807) is 0 Å². The van der Waals surface area contributed by atoms with Gasteiger partial charge in [0.25, 0.3) is 0 Å². The zero-order chi connectivity index (χ0) is 18.1. The van der Waals surface area contributed by atoms with Crippen LogP contribution in [0.2, 0.25) is 6.03 Å². The molecule has 0 fully saturated rings. The molecule has 0 rings (SSSR count). The maximum absolute atomic E-state index is 2.42. The summed E-state index contributed by atoms with van der Waals surface area (Å²) < 4.78 is 1.36. The first-order valence-corrected chi connectivity index (χ1v) is 11.5. The van der Waals surface area contributed by atoms with Crippen molar-refractivity contribution in [3.05, 3.63) is 0 Å². The van der Waals surface area contributed by atoms with Crippen LogP contribution in [0.1, 0.15) is 116 Å². The van der Waals surface area contributed by atoms with Gasteiger partial charge in [0.2, 0.25) is 0 Å². The van der Waals surface area contributed by atoms with E-state index in [0.29, 0.717) is 1.43 Å². The zero-order valence-corrected chi connectivity index (χ0v) is 18.1. The minimum absolute atomic E-state index is 0.496. The molecule has 0 nitrogen and oxygen atoms in total. The Hall–Kier alpha value is 2.39.